The number of nitrogens with one attached hydrogen (secondary N) is 1. The molecule has 3 rings (SSSR count). The normalized spacial score (nSPS) is 15.1. The molecule has 5 nitrogen and oxygen atoms in total. The molecule has 0 aliphatic carbocycles. The number of benzene rings is 2. The molecule has 1 heterocycles. The van der Waals surface area contributed by atoms with Gasteiger partial charge in [-0.2, -0.15) is 0 Å². The highest BCUT2D eigenvalue weighted by molar-refractivity contribution is 6.02. The topological polar surface area (TPSA) is 66.5 Å². The van der Waals surface area contributed by atoms with Gasteiger partial charge in [-0.25, -0.2) is 4.39 Å². The van der Waals surface area contributed by atoms with Crippen molar-refractivity contribution in [2.45, 2.75) is 31.7 Å². The Morgan fingerprint density at radius 1 is 1.00 bits per heavy atom. The van der Waals surface area contributed by atoms with Gasteiger partial charge in [-0.05, 0) is 18.1 Å². The Morgan fingerprint density at radius 2 is 1.63 bits per heavy atom. The van der Waals surface area contributed by atoms with Crippen molar-refractivity contribution < 1.29 is 18.8 Å². The monoisotopic (exact) mass is 368 g/mol. The molecule has 1 N–H and O–H groups in total. The molecule has 1 fully saturated rings. The molecule has 2 aromatic rings. The van der Waals surface area contributed by atoms with Crippen LogP contribution in [0.5, 0.6) is 0 Å². The number of hydrogen-bond acceptors (Lipinski definition) is 3. The van der Waals surface area contributed by atoms with Crippen LogP contribution in [0.15, 0.2) is 54.6 Å². The smallest absolute Gasteiger partial charge is 0.229 e. The number of halogens is 1. The predicted molar refractivity (Wildman–Crippen MR) is 98.0 cm³/mol. The molecular weight excluding hydrogens is 347 g/mol. The number of likely N-dealkylation sites (tertiary alicyclic amines) is 1. The van der Waals surface area contributed by atoms with Crippen LogP contribution in [0.2, 0.25) is 0 Å². The summed E-state index contributed by atoms with van der Waals surface area (Å²) in [7, 11) is 0. The molecule has 27 heavy (non-hydrogen) atoms. The van der Waals surface area contributed by atoms with Crippen LogP contribution >= 0.6 is 0 Å². The largest absolute Gasteiger partial charge is 0.349 e. The predicted octanol–water partition coefficient (Wildman–Crippen LogP) is 2.76. The second kappa shape index (κ2) is 8.58. The van der Waals surface area contributed by atoms with Gasteiger partial charge in [0.15, 0.2) is 0 Å². The summed E-state index contributed by atoms with van der Waals surface area (Å²) >= 11 is 0. The molecule has 1 unspecified atom stereocenters. The Morgan fingerprint density at radius 3 is 2.30 bits per heavy atom. The Balaban J connectivity index is 1.69. The molecule has 0 spiro atoms. The fourth-order valence-corrected chi connectivity index (χ4v) is 3.20. The first-order valence-corrected chi connectivity index (χ1v) is 8.95. The van der Waals surface area contributed by atoms with E-state index in [4.69, 9.17) is 0 Å². The Kier molecular flexibility index (Phi) is 5.96. The number of carbonyl (C=O) groups excluding carboxylic acids is 3. The van der Waals surface area contributed by atoms with Gasteiger partial charge in [0.1, 0.15) is 5.82 Å². The lowest BCUT2D eigenvalue weighted by Crippen LogP contribution is -2.36. The molecule has 1 atom stereocenters. The van der Waals surface area contributed by atoms with Gasteiger partial charge in [-0.1, -0.05) is 48.5 Å². The zero-order valence-electron chi connectivity index (χ0n) is 14.9. The van der Waals surface area contributed by atoms with E-state index in [1.807, 2.05) is 30.3 Å². The first-order chi connectivity index (χ1) is 13.0. The first-order valence-electron chi connectivity index (χ1n) is 8.95. The summed E-state index contributed by atoms with van der Waals surface area (Å²) in [5, 5.41) is 2.85. The minimum Gasteiger partial charge on any atom is -0.349 e. The molecule has 1 saturated heterocycles. The van der Waals surface area contributed by atoms with Crippen LogP contribution < -0.4 is 5.32 Å². The van der Waals surface area contributed by atoms with Gasteiger partial charge in [0.05, 0.1) is 6.04 Å². The zero-order valence-corrected chi connectivity index (χ0v) is 14.9. The summed E-state index contributed by atoms with van der Waals surface area (Å²) in [5.41, 5.74) is 1.37. The van der Waals surface area contributed by atoms with E-state index in [2.05, 4.69) is 5.32 Å². The number of carbonyl (C=O) groups is 3. The number of imide groups is 1. The molecule has 3 amide bonds. The lowest BCUT2D eigenvalue weighted by Gasteiger charge is -2.21. The van der Waals surface area contributed by atoms with Gasteiger partial charge in [0.25, 0.3) is 0 Å². The lowest BCUT2D eigenvalue weighted by molar-refractivity contribution is -0.138. The molecule has 1 aliphatic heterocycles. The highest BCUT2D eigenvalue weighted by atomic mass is 19.1. The van der Waals surface area contributed by atoms with Gasteiger partial charge in [0.2, 0.25) is 17.7 Å². The minimum absolute atomic E-state index is 0.00276. The average Bonchev–Trinajstić information content (AvgIpc) is 2.98. The van der Waals surface area contributed by atoms with Crippen molar-refractivity contribution in [1.29, 1.82) is 0 Å². The van der Waals surface area contributed by atoms with Crippen molar-refractivity contribution in [2.24, 2.45) is 0 Å². The van der Waals surface area contributed by atoms with Crippen LogP contribution in [0.3, 0.4) is 0 Å². The second-order valence-corrected chi connectivity index (χ2v) is 6.52. The van der Waals surface area contributed by atoms with Gasteiger partial charge in [-0.3, -0.25) is 19.3 Å². The fourth-order valence-electron chi connectivity index (χ4n) is 3.20. The summed E-state index contributed by atoms with van der Waals surface area (Å²) in [4.78, 5) is 36.8. The van der Waals surface area contributed by atoms with Crippen molar-refractivity contribution in [1.82, 2.24) is 10.2 Å². The molecule has 140 valence electrons. The van der Waals surface area contributed by atoms with E-state index in [0.717, 1.165) is 10.5 Å². The highest BCUT2D eigenvalue weighted by Gasteiger charge is 2.29. The standard InChI is InChI=1S/C21H21FN2O3/c22-17-9-5-4-8-16(17)18(14-15-6-2-1-3-7-15)23-19(25)12-13-24-20(26)10-11-21(24)27/h1-9,18H,10-14H2,(H,23,25). The van der Waals surface area contributed by atoms with Crippen molar-refractivity contribution >= 4 is 17.7 Å². The molecule has 2 aromatic carbocycles. The minimum atomic E-state index is -0.536. The summed E-state index contributed by atoms with van der Waals surface area (Å²) in [6.07, 6.45) is 0.838. The Bertz CT molecular complexity index is 822. The first kappa shape index (κ1) is 18.8. The molecule has 0 saturated carbocycles. The number of nitrogens with zero attached hydrogens (tertiary/aromatic N) is 1. The third-order valence-corrected chi connectivity index (χ3v) is 4.62. The van der Waals surface area contributed by atoms with Gasteiger partial charge >= 0.3 is 0 Å². The maximum Gasteiger partial charge on any atom is 0.229 e. The van der Waals surface area contributed by atoms with Gasteiger partial charge in [-0.15, -0.1) is 0 Å². The van der Waals surface area contributed by atoms with Crippen LogP contribution in [0, 0.1) is 5.82 Å². The van der Waals surface area contributed by atoms with E-state index in [9.17, 15) is 18.8 Å². The lowest BCUT2D eigenvalue weighted by atomic mass is 9.98. The van der Waals surface area contributed by atoms with Gasteiger partial charge < -0.3 is 5.32 Å². The van der Waals surface area contributed by atoms with E-state index < -0.39 is 6.04 Å². The van der Waals surface area contributed by atoms with Crippen LogP contribution in [0.25, 0.3) is 0 Å². The van der Waals surface area contributed by atoms with Crippen molar-refractivity contribution in [3.05, 3.63) is 71.5 Å². The second-order valence-electron chi connectivity index (χ2n) is 6.52. The summed E-state index contributed by atoms with van der Waals surface area (Å²) in [6.45, 7) is 0.0544. The van der Waals surface area contributed by atoms with Crippen molar-refractivity contribution in [2.75, 3.05) is 6.54 Å². The number of rotatable bonds is 7. The zero-order chi connectivity index (χ0) is 19.2. The average molecular weight is 368 g/mol. The van der Waals surface area contributed by atoms with Crippen LogP contribution in [0.4, 0.5) is 4.39 Å². The van der Waals surface area contributed by atoms with E-state index in [0.29, 0.717) is 12.0 Å². The van der Waals surface area contributed by atoms with E-state index in [1.165, 1.54) is 6.07 Å². The number of hydrogen-bond donors (Lipinski definition) is 1. The van der Waals surface area contributed by atoms with E-state index >= 15 is 0 Å². The molecule has 1 aliphatic rings. The third kappa shape index (κ3) is 4.78. The van der Waals surface area contributed by atoms with Crippen molar-refractivity contribution in [3.63, 3.8) is 0 Å². The van der Waals surface area contributed by atoms with Gasteiger partial charge in [0, 0.05) is 31.4 Å². The SMILES string of the molecule is O=C(CCN1C(=O)CCC1=O)NC(Cc1ccccc1)c1ccccc1F. The van der Waals surface area contributed by atoms with Crippen LogP contribution in [0.1, 0.15) is 36.4 Å². The quantitative estimate of drug-likeness (QED) is 0.764. The molecular formula is C21H21FN2O3. The highest BCUT2D eigenvalue weighted by Crippen LogP contribution is 2.22. The maximum absolute atomic E-state index is 14.3. The summed E-state index contributed by atoms with van der Waals surface area (Å²) in [6, 6.07) is 15.3. The molecule has 0 aromatic heterocycles. The molecule has 0 bridgehead atoms. The third-order valence-electron chi connectivity index (χ3n) is 4.62. The van der Waals surface area contributed by atoms with E-state index in [-0.39, 0.29) is 49.3 Å². The number of amides is 3. The summed E-state index contributed by atoms with van der Waals surface area (Å²) < 4.78 is 14.3. The fraction of sp³-hybridized carbons (Fsp3) is 0.286. The Labute approximate surface area is 157 Å². The van der Waals surface area contributed by atoms with Crippen molar-refractivity contribution in [3.8, 4) is 0 Å². The Hall–Kier alpha value is -3.02. The van der Waals surface area contributed by atoms with E-state index in [1.54, 1.807) is 18.2 Å². The van der Waals surface area contributed by atoms with Crippen LogP contribution in [-0.4, -0.2) is 29.2 Å². The molecule has 0 radical (unpaired) electrons. The maximum atomic E-state index is 14.3. The molecule has 6 heteroatoms. The van der Waals surface area contributed by atoms with Crippen LogP contribution in [-0.2, 0) is 20.8 Å². The summed E-state index contributed by atoms with van der Waals surface area (Å²) in [5.74, 6) is -1.21.